The zero-order valence-corrected chi connectivity index (χ0v) is 13.3. The maximum atomic E-state index is 14.2. The molecule has 6 heteroatoms. The van der Waals surface area contributed by atoms with Crippen LogP contribution < -0.4 is 9.47 Å². The van der Waals surface area contributed by atoms with Crippen molar-refractivity contribution in [2.75, 3.05) is 7.11 Å². The minimum absolute atomic E-state index is 0.0780. The molecule has 0 unspecified atom stereocenters. The van der Waals surface area contributed by atoms with Gasteiger partial charge in [0.1, 0.15) is 11.5 Å². The molecule has 0 saturated heterocycles. The fourth-order valence-corrected chi connectivity index (χ4v) is 2.32. The number of methoxy groups -OCH3 is 1. The largest absolute Gasteiger partial charge is 0.497 e. The minimum atomic E-state index is -0.541. The average Bonchev–Trinajstić information content (AvgIpc) is 2.51. The molecule has 0 aliphatic carbocycles. The summed E-state index contributed by atoms with van der Waals surface area (Å²) in [7, 11) is 1.47. The monoisotopic (exact) mass is 369 g/mol. The predicted molar refractivity (Wildman–Crippen MR) is 81.8 cm³/mol. The van der Waals surface area contributed by atoms with Gasteiger partial charge in [0.2, 0.25) is 0 Å². The van der Waals surface area contributed by atoms with E-state index in [0.29, 0.717) is 22.2 Å². The Kier molecular flexibility index (Phi) is 5.05. The van der Waals surface area contributed by atoms with Crippen LogP contribution in [-0.2, 0) is 5.33 Å². The number of rotatable bonds is 4. The van der Waals surface area contributed by atoms with Crippen molar-refractivity contribution >= 4 is 27.5 Å². The standard InChI is InChI=1S/C15H10BrClFNO2/c1-20-11-4-9(8-19)5-12(6-11)21-15-13(17)3-2-10(7-16)14(15)18/h2-6H,7H2,1H3. The van der Waals surface area contributed by atoms with Gasteiger partial charge < -0.3 is 9.47 Å². The maximum Gasteiger partial charge on any atom is 0.181 e. The third kappa shape index (κ3) is 3.46. The quantitative estimate of drug-likeness (QED) is 0.708. The first-order valence-corrected chi connectivity index (χ1v) is 7.39. The number of nitriles is 1. The molecule has 0 amide bonds. The second-order valence-corrected chi connectivity index (χ2v) is 5.06. The number of nitrogens with zero attached hydrogens (tertiary/aromatic N) is 1. The van der Waals surface area contributed by atoms with Crippen LogP contribution in [0, 0.1) is 17.1 Å². The van der Waals surface area contributed by atoms with Gasteiger partial charge in [-0.15, -0.1) is 0 Å². The highest BCUT2D eigenvalue weighted by molar-refractivity contribution is 9.08. The van der Waals surface area contributed by atoms with Crippen LogP contribution >= 0.6 is 27.5 Å². The summed E-state index contributed by atoms with van der Waals surface area (Å²) in [6.07, 6.45) is 0. The van der Waals surface area contributed by atoms with Crippen LogP contribution in [0.25, 0.3) is 0 Å². The number of hydrogen-bond acceptors (Lipinski definition) is 3. The second-order valence-electron chi connectivity index (χ2n) is 4.09. The summed E-state index contributed by atoms with van der Waals surface area (Å²) in [6.45, 7) is 0. The van der Waals surface area contributed by atoms with E-state index in [1.54, 1.807) is 24.3 Å². The summed E-state index contributed by atoms with van der Waals surface area (Å²) >= 11 is 9.18. The summed E-state index contributed by atoms with van der Waals surface area (Å²) in [5.41, 5.74) is 0.773. The van der Waals surface area contributed by atoms with Crippen LogP contribution in [0.1, 0.15) is 11.1 Å². The van der Waals surface area contributed by atoms with Gasteiger partial charge in [-0.3, -0.25) is 0 Å². The second kappa shape index (κ2) is 6.79. The molecule has 0 heterocycles. The van der Waals surface area contributed by atoms with Crippen LogP contribution in [0.2, 0.25) is 5.02 Å². The van der Waals surface area contributed by atoms with Gasteiger partial charge in [-0.2, -0.15) is 5.26 Å². The van der Waals surface area contributed by atoms with Gasteiger partial charge in [0.15, 0.2) is 11.6 Å². The molecule has 2 aromatic rings. The third-order valence-corrected chi connectivity index (χ3v) is 3.64. The van der Waals surface area contributed by atoms with E-state index in [1.165, 1.54) is 13.2 Å². The summed E-state index contributed by atoms with van der Waals surface area (Å²) in [6, 6.07) is 9.71. The molecule has 0 N–H and O–H groups in total. The van der Waals surface area contributed by atoms with Crippen LogP contribution in [0.3, 0.4) is 0 Å². The molecule has 0 aliphatic rings. The molecule has 0 atom stereocenters. The van der Waals surface area contributed by atoms with Gasteiger partial charge in [-0.1, -0.05) is 33.6 Å². The smallest absolute Gasteiger partial charge is 0.181 e. The first kappa shape index (κ1) is 15.6. The molecule has 21 heavy (non-hydrogen) atoms. The predicted octanol–water partition coefficient (Wildman–Crippen LogP) is 5.05. The van der Waals surface area contributed by atoms with Gasteiger partial charge in [0.25, 0.3) is 0 Å². The van der Waals surface area contributed by atoms with Gasteiger partial charge in [-0.05, 0) is 18.2 Å². The lowest BCUT2D eigenvalue weighted by Crippen LogP contribution is -1.95. The topological polar surface area (TPSA) is 42.2 Å². The Morgan fingerprint density at radius 3 is 2.62 bits per heavy atom. The van der Waals surface area contributed by atoms with E-state index in [-0.39, 0.29) is 16.5 Å². The van der Waals surface area contributed by atoms with E-state index in [9.17, 15) is 4.39 Å². The first-order chi connectivity index (χ1) is 10.1. The van der Waals surface area contributed by atoms with E-state index < -0.39 is 5.82 Å². The lowest BCUT2D eigenvalue weighted by molar-refractivity contribution is 0.404. The molecular formula is C15H10BrClFNO2. The lowest BCUT2D eigenvalue weighted by atomic mass is 10.2. The summed E-state index contributed by atoms with van der Waals surface area (Å²) in [4.78, 5) is 0. The average molecular weight is 371 g/mol. The Morgan fingerprint density at radius 1 is 1.29 bits per heavy atom. The molecule has 2 aromatic carbocycles. The van der Waals surface area contributed by atoms with Gasteiger partial charge in [0, 0.05) is 17.0 Å². The van der Waals surface area contributed by atoms with Crippen LogP contribution in [0.5, 0.6) is 17.2 Å². The van der Waals surface area contributed by atoms with Gasteiger partial charge >= 0.3 is 0 Å². The normalized spacial score (nSPS) is 10.0. The highest BCUT2D eigenvalue weighted by Gasteiger charge is 2.15. The van der Waals surface area contributed by atoms with Gasteiger partial charge in [0.05, 0.1) is 23.8 Å². The molecule has 0 radical (unpaired) electrons. The Bertz CT molecular complexity index is 716. The first-order valence-electron chi connectivity index (χ1n) is 5.89. The van der Waals surface area contributed by atoms with E-state index >= 15 is 0 Å². The van der Waals surface area contributed by atoms with Gasteiger partial charge in [-0.25, -0.2) is 4.39 Å². The maximum absolute atomic E-state index is 14.2. The van der Waals surface area contributed by atoms with E-state index in [0.717, 1.165) is 0 Å². The summed E-state index contributed by atoms with van der Waals surface area (Å²) in [5, 5.41) is 9.46. The van der Waals surface area contributed by atoms with Crippen molar-refractivity contribution in [2.24, 2.45) is 0 Å². The Hall–Kier alpha value is -1.77. The molecule has 108 valence electrons. The zero-order chi connectivity index (χ0) is 15.4. The molecular weight excluding hydrogens is 361 g/mol. The van der Waals surface area contributed by atoms with Crippen molar-refractivity contribution in [2.45, 2.75) is 5.33 Å². The summed E-state index contributed by atoms with van der Waals surface area (Å²) in [5.74, 6) is 0.0992. The molecule has 0 saturated carbocycles. The van der Waals surface area contributed by atoms with Crippen LogP contribution in [0.4, 0.5) is 4.39 Å². The Balaban J connectivity index is 2.45. The summed E-state index contributed by atoms with van der Waals surface area (Å²) < 4.78 is 24.8. The van der Waals surface area contributed by atoms with Crippen molar-refractivity contribution in [3.05, 3.63) is 52.3 Å². The van der Waals surface area contributed by atoms with E-state index in [1.807, 2.05) is 6.07 Å². The number of alkyl halides is 1. The molecule has 0 aliphatic heterocycles. The van der Waals surface area contributed by atoms with E-state index in [2.05, 4.69) is 15.9 Å². The third-order valence-electron chi connectivity index (χ3n) is 2.74. The molecule has 0 bridgehead atoms. The van der Waals surface area contributed by atoms with E-state index in [4.69, 9.17) is 26.3 Å². The molecule has 3 nitrogen and oxygen atoms in total. The zero-order valence-electron chi connectivity index (χ0n) is 11.0. The molecule has 0 fully saturated rings. The number of hydrogen-bond donors (Lipinski definition) is 0. The highest BCUT2D eigenvalue weighted by atomic mass is 79.9. The van der Waals surface area contributed by atoms with Crippen molar-refractivity contribution in [1.29, 1.82) is 5.26 Å². The van der Waals surface area contributed by atoms with Crippen molar-refractivity contribution in [3.8, 4) is 23.3 Å². The van der Waals surface area contributed by atoms with Crippen molar-refractivity contribution in [1.82, 2.24) is 0 Å². The minimum Gasteiger partial charge on any atom is -0.497 e. The Labute approximate surface area is 135 Å². The van der Waals surface area contributed by atoms with Crippen molar-refractivity contribution < 1.29 is 13.9 Å². The number of ether oxygens (including phenoxy) is 2. The highest BCUT2D eigenvalue weighted by Crippen LogP contribution is 2.36. The van der Waals surface area contributed by atoms with Crippen LogP contribution in [0.15, 0.2) is 30.3 Å². The molecule has 0 aromatic heterocycles. The van der Waals surface area contributed by atoms with Crippen LogP contribution in [-0.4, -0.2) is 7.11 Å². The molecule has 2 rings (SSSR count). The molecule has 0 spiro atoms. The fourth-order valence-electron chi connectivity index (χ4n) is 1.70. The fraction of sp³-hybridized carbons (Fsp3) is 0.133. The Morgan fingerprint density at radius 2 is 2.00 bits per heavy atom. The number of halogens is 3. The van der Waals surface area contributed by atoms with Crippen molar-refractivity contribution in [3.63, 3.8) is 0 Å². The SMILES string of the molecule is COc1cc(C#N)cc(Oc2c(Cl)ccc(CBr)c2F)c1. The lowest BCUT2D eigenvalue weighted by Gasteiger charge is -2.12. The number of benzene rings is 2.